The number of hydrogen-bond acceptors (Lipinski definition) is 3. The molecule has 1 heterocycles. The summed E-state index contributed by atoms with van der Waals surface area (Å²) in [6, 6.07) is 1.05. The van der Waals surface area contributed by atoms with Crippen LogP contribution in [0.3, 0.4) is 0 Å². The molecule has 1 saturated carbocycles. The van der Waals surface area contributed by atoms with Crippen LogP contribution >= 0.6 is 0 Å². The lowest BCUT2D eigenvalue weighted by atomic mass is 10.2. The molecule has 1 aliphatic rings. The Kier molecular flexibility index (Phi) is 4.87. The number of ether oxygens (including phenoxy) is 1. The van der Waals surface area contributed by atoms with Crippen LogP contribution in [0.4, 0.5) is 13.2 Å². The van der Waals surface area contributed by atoms with Crippen molar-refractivity contribution in [2.75, 3.05) is 20.3 Å². The van der Waals surface area contributed by atoms with Gasteiger partial charge in [0.1, 0.15) is 6.54 Å². The summed E-state index contributed by atoms with van der Waals surface area (Å²) in [6.45, 7) is 0.765. The number of alkyl halides is 3. The molecule has 21 heavy (non-hydrogen) atoms. The van der Waals surface area contributed by atoms with E-state index in [-0.39, 0.29) is 18.4 Å². The SMILES string of the molecule is COCCCNC(=O)Cn1nc(C(F)(F)F)cc1C1CC1. The van der Waals surface area contributed by atoms with Crippen LogP contribution in [0.2, 0.25) is 0 Å². The summed E-state index contributed by atoms with van der Waals surface area (Å²) in [7, 11) is 1.56. The molecule has 0 atom stereocenters. The van der Waals surface area contributed by atoms with E-state index in [0.717, 1.165) is 18.9 Å². The number of halogens is 3. The smallest absolute Gasteiger partial charge is 0.385 e. The lowest BCUT2D eigenvalue weighted by Crippen LogP contribution is -2.30. The van der Waals surface area contributed by atoms with Crippen LogP contribution in [0.15, 0.2) is 6.07 Å². The van der Waals surface area contributed by atoms with Gasteiger partial charge in [0.15, 0.2) is 5.69 Å². The highest BCUT2D eigenvalue weighted by Crippen LogP contribution is 2.42. The highest BCUT2D eigenvalue weighted by atomic mass is 19.4. The van der Waals surface area contributed by atoms with Crippen molar-refractivity contribution in [2.45, 2.75) is 37.9 Å². The minimum Gasteiger partial charge on any atom is -0.385 e. The quantitative estimate of drug-likeness (QED) is 0.783. The molecule has 0 aromatic carbocycles. The fourth-order valence-corrected chi connectivity index (χ4v) is 2.04. The van der Waals surface area contributed by atoms with Gasteiger partial charge in [-0.05, 0) is 25.3 Å². The first-order valence-electron chi connectivity index (χ1n) is 6.82. The molecule has 2 rings (SSSR count). The van der Waals surface area contributed by atoms with Crippen LogP contribution in [-0.4, -0.2) is 35.9 Å². The minimum atomic E-state index is -4.48. The number of aromatic nitrogens is 2. The lowest BCUT2D eigenvalue weighted by molar-refractivity contribution is -0.141. The van der Waals surface area contributed by atoms with Crippen molar-refractivity contribution in [1.82, 2.24) is 15.1 Å². The van der Waals surface area contributed by atoms with Crippen LogP contribution in [0.5, 0.6) is 0 Å². The van der Waals surface area contributed by atoms with Gasteiger partial charge in [-0.2, -0.15) is 18.3 Å². The van der Waals surface area contributed by atoms with Gasteiger partial charge in [0.25, 0.3) is 0 Å². The number of carbonyl (C=O) groups excluding carboxylic acids is 1. The van der Waals surface area contributed by atoms with Gasteiger partial charge in [0.05, 0.1) is 0 Å². The monoisotopic (exact) mass is 305 g/mol. The summed E-state index contributed by atoms with van der Waals surface area (Å²) < 4.78 is 44.1. The molecule has 0 unspecified atom stereocenters. The molecule has 1 amide bonds. The Balaban J connectivity index is 1.98. The topological polar surface area (TPSA) is 56.1 Å². The van der Waals surface area contributed by atoms with Crippen LogP contribution in [0, 0.1) is 0 Å². The fourth-order valence-electron chi connectivity index (χ4n) is 2.04. The molecule has 1 N–H and O–H groups in total. The van der Waals surface area contributed by atoms with Crippen molar-refractivity contribution in [2.24, 2.45) is 0 Å². The second kappa shape index (κ2) is 6.46. The van der Waals surface area contributed by atoms with Gasteiger partial charge in [-0.1, -0.05) is 0 Å². The lowest BCUT2D eigenvalue weighted by Gasteiger charge is -2.08. The Labute approximate surface area is 120 Å². The Bertz CT molecular complexity index is 495. The second-order valence-electron chi connectivity index (χ2n) is 5.08. The number of amides is 1. The van der Waals surface area contributed by atoms with Gasteiger partial charge in [0.2, 0.25) is 5.91 Å². The number of nitrogens with zero attached hydrogens (tertiary/aromatic N) is 2. The van der Waals surface area contributed by atoms with Gasteiger partial charge in [-0.25, -0.2) is 0 Å². The molecule has 0 bridgehead atoms. The van der Waals surface area contributed by atoms with Crippen LogP contribution in [0.25, 0.3) is 0 Å². The molecule has 1 aromatic heterocycles. The van der Waals surface area contributed by atoms with Crippen molar-refractivity contribution in [3.63, 3.8) is 0 Å². The first kappa shape index (κ1) is 15.8. The number of carbonyl (C=O) groups is 1. The van der Waals surface area contributed by atoms with Gasteiger partial charge >= 0.3 is 6.18 Å². The van der Waals surface area contributed by atoms with Crippen molar-refractivity contribution in [3.8, 4) is 0 Å². The van der Waals surface area contributed by atoms with E-state index in [9.17, 15) is 18.0 Å². The van der Waals surface area contributed by atoms with E-state index in [2.05, 4.69) is 10.4 Å². The molecule has 0 saturated heterocycles. The average molecular weight is 305 g/mol. The van der Waals surface area contributed by atoms with Crippen molar-refractivity contribution in [3.05, 3.63) is 17.5 Å². The van der Waals surface area contributed by atoms with Gasteiger partial charge < -0.3 is 10.1 Å². The summed E-state index contributed by atoms with van der Waals surface area (Å²) in [6.07, 6.45) is -2.13. The standard InChI is InChI=1S/C13H18F3N3O2/c1-21-6-2-5-17-12(20)8-19-10(9-3-4-9)7-11(18-19)13(14,15)16/h7,9H,2-6,8H2,1H3,(H,17,20). The predicted molar refractivity (Wildman–Crippen MR) is 68.7 cm³/mol. The molecule has 1 fully saturated rings. The maximum Gasteiger partial charge on any atom is 0.435 e. The van der Waals surface area contributed by atoms with E-state index in [1.54, 1.807) is 7.11 Å². The first-order valence-corrected chi connectivity index (χ1v) is 6.82. The number of rotatable bonds is 7. The summed E-state index contributed by atoms with van der Waals surface area (Å²) in [5, 5.41) is 6.17. The summed E-state index contributed by atoms with van der Waals surface area (Å²) in [5.41, 5.74) is -0.439. The zero-order chi connectivity index (χ0) is 15.5. The maximum absolute atomic E-state index is 12.7. The van der Waals surface area contributed by atoms with E-state index in [1.807, 2.05) is 0 Å². The van der Waals surface area contributed by atoms with E-state index >= 15 is 0 Å². The van der Waals surface area contributed by atoms with Crippen LogP contribution < -0.4 is 5.32 Å². The second-order valence-corrected chi connectivity index (χ2v) is 5.08. The first-order chi connectivity index (χ1) is 9.91. The molecular formula is C13H18F3N3O2. The van der Waals surface area contributed by atoms with E-state index in [4.69, 9.17) is 4.74 Å². The van der Waals surface area contributed by atoms with E-state index in [0.29, 0.717) is 25.3 Å². The summed E-state index contributed by atoms with van der Waals surface area (Å²) >= 11 is 0. The Morgan fingerprint density at radius 3 is 2.81 bits per heavy atom. The number of hydrogen-bond donors (Lipinski definition) is 1. The normalized spacial score (nSPS) is 15.2. The van der Waals surface area contributed by atoms with E-state index < -0.39 is 11.9 Å². The Morgan fingerprint density at radius 2 is 2.24 bits per heavy atom. The van der Waals surface area contributed by atoms with Crippen molar-refractivity contribution < 1.29 is 22.7 Å². The summed E-state index contributed by atoms with van der Waals surface area (Å²) in [4.78, 5) is 11.7. The molecule has 0 radical (unpaired) electrons. The summed E-state index contributed by atoms with van der Waals surface area (Å²) in [5.74, 6) is -0.250. The molecule has 1 aromatic rings. The number of methoxy groups -OCH3 is 1. The molecule has 118 valence electrons. The molecule has 1 aliphatic carbocycles. The largest absolute Gasteiger partial charge is 0.435 e. The third-order valence-corrected chi connectivity index (χ3v) is 3.24. The third-order valence-electron chi connectivity index (χ3n) is 3.24. The van der Waals surface area contributed by atoms with E-state index in [1.165, 1.54) is 4.68 Å². The molecule has 0 spiro atoms. The molecule has 8 heteroatoms. The van der Waals surface area contributed by atoms with Crippen molar-refractivity contribution >= 4 is 5.91 Å². The van der Waals surface area contributed by atoms with Gasteiger partial charge in [-0.15, -0.1) is 0 Å². The Hall–Kier alpha value is -1.57. The Morgan fingerprint density at radius 1 is 1.52 bits per heavy atom. The number of nitrogens with one attached hydrogen (secondary N) is 1. The zero-order valence-corrected chi connectivity index (χ0v) is 11.7. The molecule has 0 aliphatic heterocycles. The highest BCUT2D eigenvalue weighted by Gasteiger charge is 2.38. The van der Waals surface area contributed by atoms with Gasteiger partial charge in [-0.3, -0.25) is 9.48 Å². The third kappa shape index (κ3) is 4.45. The molecular weight excluding hydrogens is 287 g/mol. The molecule has 5 nitrogen and oxygen atoms in total. The minimum absolute atomic E-state index is 0.0925. The fraction of sp³-hybridized carbons (Fsp3) is 0.692. The van der Waals surface area contributed by atoms with Crippen LogP contribution in [-0.2, 0) is 22.3 Å². The average Bonchev–Trinajstić information content (AvgIpc) is 3.15. The van der Waals surface area contributed by atoms with Gasteiger partial charge in [0, 0.05) is 31.9 Å². The predicted octanol–water partition coefficient (Wildman–Crippen LogP) is 1.93. The maximum atomic E-state index is 12.7. The zero-order valence-electron chi connectivity index (χ0n) is 11.7. The van der Waals surface area contributed by atoms with Crippen LogP contribution in [0.1, 0.15) is 36.6 Å². The highest BCUT2D eigenvalue weighted by molar-refractivity contribution is 5.75. The van der Waals surface area contributed by atoms with Crippen molar-refractivity contribution in [1.29, 1.82) is 0 Å².